The van der Waals surface area contributed by atoms with Crippen LogP contribution >= 0.6 is 15.9 Å². The van der Waals surface area contributed by atoms with E-state index in [0.29, 0.717) is 4.83 Å². The highest BCUT2D eigenvalue weighted by Gasteiger charge is 2.06. The quantitative estimate of drug-likeness (QED) is 0.436. The van der Waals surface area contributed by atoms with Crippen molar-refractivity contribution in [3.8, 4) is 0 Å². The topological polar surface area (TPSA) is 12.9 Å². The van der Waals surface area contributed by atoms with E-state index in [9.17, 15) is 0 Å². The van der Waals surface area contributed by atoms with Crippen LogP contribution < -0.4 is 0 Å². The molecule has 1 aromatic rings. The summed E-state index contributed by atoms with van der Waals surface area (Å²) in [5.74, 6) is 0. The summed E-state index contributed by atoms with van der Waals surface area (Å²) in [6, 6.07) is 4.29. The number of hydrogen-bond acceptors (Lipinski definition) is 1. The monoisotopic (exact) mass is 311 g/mol. The second-order valence-corrected chi connectivity index (χ2v) is 6.48. The molecule has 1 heterocycles. The summed E-state index contributed by atoms with van der Waals surface area (Å²) >= 11 is 3.78. The molecule has 0 amide bonds. The molecule has 1 aromatic heterocycles. The average molecular weight is 312 g/mol. The fraction of sp³-hybridized carbons (Fsp3) is 0.688. The van der Waals surface area contributed by atoms with E-state index in [1.54, 1.807) is 0 Å². The second kappa shape index (κ2) is 9.55. The van der Waals surface area contributed by atoms with E-state index in [0.717, 1.165) is 6.42 Å². The highest BCUT2D eigenvalue weighted by atomic mass is 79.9. The zero-order valence-electron chi connectivity index (χ0n) is 11.8. The number of hydrogen-bond donors (Lipinski definition) is 0. The van der Waals surface area contributed by atoms with Gasteiger partial charge in [0.15, 0.2) is 0 Å². The summed E-state index contributed by atoms with van der Waals surface area (Å²) in [5.41, 5.74) is 2.44. The van der Waals surface area contributed by atoms with Crippen molar-refractivity contribution < 1.29 is 0 Å². The first-order valence-electron chi connectivity index (χ1n) is 7.28. The van der Waals surface area contributed by atoms with Gasteiger partial charge in [-0.1, -0.05) is 67.4 Å². The minimum absolute atomic E-state index is 0.582. The molecule has 0 bridgehead atoms. The Morgan fingerprint density at radius 1 is 1.11 bits per heavy atom. The van der Waals surface area contributed by atoms with Crippen LogP contribution in [0.15, 0.2) is 18.3 Å². The first kappa shape index (κ1) is 15.7. The third-order valence-electron chi connectivity index (χ3n) is 3.27. The summed E-state index contributed by atoms with van der Waals surface area (Å²) in [6.45, 7) is 4.35. The third-order valence-corrected chi connectivity index (χ3v) is 4.06. The van der Waals surface area contributed by atoms with Crippen molar-refractivity contribution in [1.29, 1.82) is 0 Å². The number of pyridine rings is 1. The number of aryl methyl sites for hydroxylation is 1. The molecule has 2 heteroatoms. The summed E-state index contributed by atoms with van der Waals surface area (Å²) < 4.78 is 0. The molecular formula is C16H26BrN. The standard InChI is InChI=1S/C16H26BrN/c1-3-4-5-6-7-8-9-15(17)12-16-11-10-14(2)13-18-16/h10-11,13,15H,3-9,12H2,1-2H3. The number of alkyl halides is 1. The third kappa shape index (κ3) is 7.15. The Kier molecular flexibility index (Phi) is 8.32. The molecule has 1 atom stereocenters. The van der Waals surface area contributed by atoms with Gasteiger partial charge in [0.05, 0.1) is 0 Å². The molecule has 0 fully saturated rings. The maximum atomic E-state index is 4.46. The predicted molar refractivity (Wildman–Crippen MR) is 83.4 cm³/mol. The second-order valence-electron chi connectivity index (χ2n) is 5.18. The molecule has 0 saturated heterocycles. The molecule has 0 aliphatic rings. The fourth-order valence-electron chi connectivity index (χ4n) is 2.09. The molecule has 102 valence electrons. The van der Waals surface area contributed by atoms with Crippen LogP contribution in [-0.2, 0) is 6.42 Å². The van der Waals surface area contributed by atoms with Crippen LogP contribution in [0.2, 0.25) is 0 Å². The van der Waals surface area contributed by atoms with E-state index in [1.165, 1.54) is 56.2 Å². The van der Waals surface area contributed by atoms with Crippen molar-refractivity contribution in [3.05, 3.63) is 29.6 Å². The normalized spacial score (nSPS) is 12.6. The molecular weight excluding hydrogens is 286 g/mol. The largest absolute Gasteiger partial charge is 0.261 e. The van der Waals surface area contributed by atoms with Gasteiger partial charge in [-0.2, -0.15) is 0 Å². The average Bonchev–Trinajstić information content (AvgIpc) is 2.36. The van der Waals surface area contributed by atoms with Gasteiger partial charge in [-0.25, -0.2) is 0 Å². The number of halogens is 1. The van der Waals surface area contributed by atoms with Crippen LogP contribution in [0.5, 0.6) is 0 Å². The first-order chi connectivity index (χ1) is 8.72. The lowest BCUT2D eigenvalue weighted by Gasteiger charge is -2.09. The number of rotatable bonds is 9. The van der Waals surface area contributed by atoms with E-state index < -0.39 is 0 Å². The summed E-state index contributed by atoms with van der Waals surface area (Å²) in [5, 5.41) is 0. The SMILES string of the molecule is CCCCCCCCC(Br)Cc1ccc(C)cn1. The van der Waals surface area contributed by atoms with Crippen molar-refractivity contribution in [2.24, 2.45) is 0 Å². The van der Waals surface area contributed by atoms with Gasteiger partial charge in [-0.05, 0) is 25.0 Å². The van der Waals surface area contributed by atoms with Crippen LogP contribution in [0.3, 0.4) is 0 Å². The summed E-state index contributed by atoms with van der Waals surface area (Å²) in [6.07, 6.45) is 12.5. The van der Waals surface area contributed by atoms with Gasteiger partial charge >= 0.3 is 0 Å². The Labute approximate surface area is 121 Å². The molecule has 1 rings (SSSR count). The highest BCUT2D eigenvalue weighted by Crippen LogP contribution is 2.16. The Morgan fingerprint density at radius 2 is 1.83 bits per heavy atom. The Balaban J connectivity index is 2.10. The fourth-order valence-corrected chi connectivity index (χ4v) is 2.75. The molecule has 0 saturated carbocycles. The van der Waals surface area contributed by atoms with Gasteiger partial charge in [0.2, 0.25) is 0 Å². The highest BCUT2D eigenvalue weighted by molar-refractivity contribution is 9.09. The van der Waals surface area contributed by atoms with Crippen LogP contribution in [0.25, 0.3) is 0 Å². The molecule has 18 heavy (non-hydrogen) atoms. The van der Waals surface area contributed by atoms with Crippen LogP contribution in [0, 0.1) is 6.92 Å². The van der Waals surface area contributed by atoms with Gasteiger partial charge in [0.1, 0.15) is 0 Å². The van der Waals surface area contributed by atoms with E-state index in [2.05, 4.69) is 46.9 Å². The molecule has 0 radical (unpaired) electrons. The van der Waals surface area contributed by atoms with Gasteiger partial charge in [-0.15, -0.1) is 0 Å². The molecule has 1 unspecified atom stereocenters. The van der Waals surface area contributed by atoms with E-state index in [-0.39, 0.29) is 0 Å². The zero-order valence-corrected chi connectivity index (χ0v) is 13.4. The van der Waals surface area contributed by atoms with Gasteiger partial charge in [0, 0.05) is 23.1 Å². The van der Waals surface area contributed by atoms with Gasteiger partial charge < -0.3 is 0 Å². The van der Waals surface area contributed by atoms with Crippen molar-refractivity contribution in [1.82, 2.24) is 4.98 Å². The number of nitrogens with zero attached hydrogens (tertiary/aromatic N) is 1. The number of aromatic nitrogens is 1. The van der Waals surface area contributed by atoms with E-state index >= 15 is 0 Å². The Hall–Kier alpha value is -0.370. The smallest absolute Gasteiger partial charge is 0.0414 e. The summed E-state index contributed by atoms with van der Waals surface area (Å²) in [7, 11) is 0. The van der Waals surface area contributed by atoms with Crippen LogP contribution in [0.4, 0.5) is 0 Å². The maximum Gasteiger partial charge on any atom is 0.0414 e. The van der Waals surface area contributed by atoms with Gasteiger partial charge in [-0.3, -0.25) is 4.98 Å². The molecule has 0 N–H and O–H groups in total. The lowest BCUT2D eigenvalue weighted by Crippen LogP contribution is -2.04. The molecule has 0 spiro atoms. The maximum absolute atomic E-state index is 4.46. The van der Waals surface area contributed by atoms with Crippen LogP contribution in [-0.4, -0.2) is 9.81 Å². The Morgan fingerprint density at radius 3 is 2.50 bits per heavy atom. The predicted octanol–water partition coefficient (Wildman–Crippen LogP) is 5.45. The lowest BCUT2D eigenvalue weighted by molar-refractivity contribution is 0.581. The van der Waals surface area contributed by atoms with Crippen molar-refractivity contribution in [2.75, 3.05) is 0 Å². The Bertz CT molecular complexity index is 307. The number of unbranched alkanes of at least 4 members (excludes halogenated alkanes) is 5. The van der Waals surface area contributed by atoms with E-state index in [1.807, 2.05) is 6.20 Å². The van der Waals surface area contributed by atoms with E-state index in [4.69, 9.17) is 0 Å². The van der Waals surface area contributed by atoms with Crippen molar-refractivity contribution >= 4 is 15.9 Å². The minimum Gasteiger partial charge on any atom is -0.261 e. The molecule has 0 aromatic carbocycles. The first-order valence-corrected chi connectivity index (χ1v) is 8.19. The van der Waals surface area contributed by atoms with Crippen molar-refractivity contribution in [2.45, 2.75) is 70.0 Å². The molecule has 0 aliphatic carbocycles. The minimum atomic E-state index is 0.582. The lowest BCUT2D eigenvalue weighted by atomic mass is 10.1. The van der Waals surface area contributed by atoms with Crippen molar-refractivity contribution in [3.63, 3.8) is 0 Å². The molecule has 0 aliphatic heterocycles. The molecule has 1 nitrogen and oxygen atoms in total. The van der Waals surface area contributed by atoms with Crippen LogP contribution in [0.1, 0.15) is 63.1 Å². The zero-order chi connectivity index (χ0) is 13.2. The summed E-state index contributed by atoms with van der Waals surface area (Å²) in [4.78, 5) is 5.04. The van der Waals surface area contributed by atoms with Gasteiger partial charge in [0.25, 0.3) is 0 Å².